The molecular formula is C25H38ClNO5. The highest BCUT2D eigenvalue weighted by atomic mass is 35.5. The lowest BCUT2D eigenvalue weighted by molar-refractivity contribution is -0.152. The number of halogens is 1. The molecule has 1 N–H and O–H groups in total. The quantitative estimate of drug-likeness (QED) is 0.134. The SMILES string of the molecule is C=C(C)C(OC(=O)Nc1ccc(OCCCC(Cl)CCCCC)cc1)C(=O)OCC(C)C. The molecule has 0 heterocycles. The number of alkyl halides is 1. The van der Waals surface area contributed by atoms with Gasteiger partial charge in [-0.05, 0) is 61.9 Å². The maximum atomic E-state index is 12.2. The zero-order valence-electron chi connectivity index (χ0n) is 19.8. The molecule has 1 aromatic rings. The number of hydrogen-bond donors (Lipinski definition) is 1. The van der Waals surface area contributed by atoms with E-state index in [1.807, 2.05) is 13.8 Å². The van der Waals surface area contributed by atoms with Gasteiger partial charge in [0.1, 0.15) is 5.75 Å². The smallest absolute Gasteiger partial charge is 0.412 e. The fraction of sp³-hybridized carbons (Fsp3) is 0.600. The van der Waals surface area contributed by atoms with Gasteiger partial charge in [-0.2, -0.15) is 0 Å². The highest BCUT2D eigenvalue weighted by Crippen LogP contribution is 2.19. The summed E-state index contributed by atoms with van der Waals surface area (Å²) < 4.78 is 16.1. The molecule has 0 radical (unpaired) electrons. The van der Waals surface area contributed by atoms with Crippen molar-refractivity contribution in [1.82, 2.24) is 0 Å². The molecule has 0 saturated carbocycles. The van der Waals surface area contributed by atoms with Crippen molar-refractivity contribution in [3.05, 3.63) is 36.4 Å². The fourth-order valence-corrected chi connectivity index (χ4v) is 3.13. The number of carbonyl (C=O) groups is 2. The molecule has 2 unspecified atom stereocenters. The second-order valence-electron chi connectivity index (χ2n) is 8.39. The molecule has 0 saturated heterocycles. The molecule has 1 rings (SSSR count). The van der Waals surface area contributed by atoms with Crippen LogP contribution in [-0.4, -0.2) is 36.8 Å². The van der Waals surface area contributed by atoms with Crippen LogP contribution in [0.1, 0.15) is 66.2 Å². The summed E-state index contributed by atoms with van der Waals surface area (Å²) in [5.41, 5.74) is 0.914. The molecule has 2 atom stereocenters. The van der Waals surface area contributed by atoms with Gasteiger partial charge in [-0.1, -0.05) is 46.6 Å². The van der Waals surface area contributed by atoms with Crippen molar-refractivity contribution in [2.75, 3.05) is 18.5 Å². The van der Waals surface area contributed by atoms with Crippen LogP contribution in [0.15, 0.2) is 36.4 Å². The van der Waals surface area contributed by atoms with Crippen molar-refractivity contribution in [2.24, 2.45) is 5.92 Å². The molecule has 0 spiro atoms. The molecule has 0 aromatic heterocycles. The predicted molar refractivity (Wildman–Crippen MR) is 129 cm³/mol. The first-order valence-electron chi connectivity index (χ1n) is 11.4. The molecule has 0 aliphatic rings. The van der Waals surface area contributed by atoms with Gasteiger partial charge in [0, 0.05) is 11.1 Å². The molecule has 180 valence electrons. The normalized spacial score (nSPS) is 12.7. The van der Waals surface area contributed by atoms with Crippen LogP contribution in [0.2, 0.25) is 0 Å². The van der Waals surface area contributed by atoms with E-state index in [0.717, 1.165) is 19.3 Å². The van der Waals surface area contributed by atoms with E-state index in [1.54, 1.807) is 31.2 Å². The van der Waals surface area contributed by atoms with Gasteiger partial charge >= 0.3 is 12.1 Å². The van der Waals surface area contributed by atoms with E-state index in [9.17, 15) is 9.59 Å². The Labute approximate surface area is 197 Å². The maximum absolute atomic E-state index is 12.2. The maximum Gasteiger partial charge on any atom is 0.412 e. The number of esters is 1. The van der Waals surface area contributed by atoms with E-state index in [-0.39, 0.29) is 17.9 Å². The molecule has 0 aliphatic carbocycles. The highest BCUT2D eigenvalue weighted by molar-refractivity contribution is 6.20. The number of carbonyl (C=O) groups excluding carboxylic acids is 2. The van der Waals surface area contributed by atoms with Crippen molar-refractivity contribution in [1.29, 1.82) is 0 Å². The first-order chi connectivity index (χ1) is 15.2. The zero-order chi connectivity index (χ0) is 23.9. The number of hydrogen-bond acceptors (Lipinski definition) is 5. The second kappa shape index (κ2) is 15.6. The number of ether oxygens (including phenoxy) is 3. The topological polar surface area (TPSA) is 73.9 Å². The Balaban J connectivity index is 2.41. The summed E-state index contributed by atoms with van der Waals surface area (Å²) in [6, 6.07) is 6.95. The van der Waals surface area contributed by atoms with Gasteiger partial charge in [0.25, 0.3) is 0 Å². The van der Waals surface area contributed by atoms with Gasteiger partial charge in [0.05, 0.1) is 13.2 Å². The second-order valence-corrected chi connectivity index (χ2v) is 9.01. The first kappa shape index (κ1) is 27.8. The molecule has 0 bridgehead atoms. The van der Waals surface area contributed by atoms with Gasteiger partial charge in [0.2, 0.25) is 6.10 Å². The third kappa shape index (κ3) is 12.0. The third-order valence-corrected chi connectivity index (χ3v) is 5.03. The van der Waals surface area contributed by atoms with E-state index in [4.69, 9.17) is 25.8 Å². The van der Waals surface area contributed by atoms with Crippen LogP contribution in [-0.2, 0) is 14.3 Å². The van der Waals surface area contributed by atoms with Crippen molar-refractivity contribution >= 4 is 29.4 Å². The molecule has 1 amide bonds. The van der Waals surface area contributed by atoms with Gasteiger partial charge in [0.15, 0.2) is 0 Å². The van der Waals surface area contributed by atoms with Crippen LogP contribution in [0.3, 0.4) is 0 Å². The van der Waals surface area contributed by atoms with Crippen LogP contribution in [0.25, 0.3) is 0 Å². The van der Waals surface area contributed by atoms with Crippen LogP contribution >= 0.6 is 11.6 Å². The molecule has 0 aliphatic heterocycles. The highest BCUT2D eigenvalue weighted by Gasteiger charge is 2.25. The Hall–Kier alpha value is -2.21. The number of unbranched alkanes of at least 4 members (excludes halogenated alkanes) is 2. The summed E-state index contributed by atoms with van der Waals surface area (Å²) in [6.07, 6.45) is 4.57. The number of amides is 1. The van der Waals surface area contributed by atoms with E-state index in [1.165, 1.54) is 19.3 Å². The molecule has 1 aromatic carbocycles. The molecular weight excluding hydrogens is 430 g/mol. The van der Waals surface area contributed by atoms with Crippen molar-refractivity contribution < 1.29 is 23.8 Å². The average molecular weight is 468 g/mol. The summed E-state index contributed by atoms with van der Waals surface area (Å²) in [6.45, 7) is 12.2. The minimum Gasteiger partial charge on any atom is -0.494 e. The third-order valence-electron chi connectivity index (χ3n) is 4.60. The Kier molecular flexibility index (Phi) is 13.5. The lowest BCUT2D eigenvalue weighted by atomic mass is 10.1. The minimum absolute atomic E-state index is 0.182. The van der Waals surface area contributed by atoms with Gasteiger partial charge in [-0.15, -0.1) is 11.6 Å². The van der Waals surface area contributed by atoms with E-state index in [2.05, 4.69) is 18.8 Å². The van der Waals surface area contributed by atoms with E-state index in [0.29, 0.717) is 23.6 Å². The van der Waals surface area contributed by atoms with Crippen LogP contribution in [0, 0.1) is 5.92 Å². The van der Waals surface area contributed by atoms with Crippen molar-refractivity contribution in [3.63, 3.8) is 0 Å². The Morgan fingerprint density at radius 1 is 1.09 bits per heavy atom. The lowest BCUT2D eigenvalue weighted by Crippen LogP contribution is -2.32. The van der Waals surface area contributed by atoms with Gasteiger partial charge in [-0.25, -0.2) is 9.59 Å². The summed E-state index contributed by atoms with van der Waals surface area (Å²) >= 11 is 6.33. The Morgan fingerprint density at radius 3 is 2.34 bits per heavy atom. The lowest BCUT2D eigenvalue weighted by Gasteiger charge is -2.18. The largest absolute Gasteiger partial charge is 0.494 e. The molecule has 6 nitrogen and oxygen atoms in total. The number of anilines is 1. The molecule has 7 heteroatoms. The monoisotopic (exact) mass is 467 g/mol. The predicted octanol–water partition coefficient (Wildman–Crippen LogP) is 6.73. The van der Waals surface area contributed by atoms with E-state index < -0.39 is 18.2 Å². The Morgan fingerprint density at radius 2 is 1.75 bits per heavy atom. The number of benzene rings is 1. The summed E-state index contributed by atoms with van der Waals surface area (Å²) in [4.78, 5) is 24.3. The average Bonchev–Trinajstić information content (AvgIpc) is 2.74. The van der Waals surface area contributed by atoms with E-state index >= 15 is 0 Å². The number of nitrogens with one attached hydrogen (secondary N) is 1. The standard InChI is InChI=1S/C25H38ClNO5/c1-6-7-8-10-20(26)11-9-16-30-22-14-12-21(13-15-22)27-25(29)32-23(19(4)5)24(28)31-17-18(2)3/h12-15,18,20,23H,4,6-11,16-17H2,1-3,5H3,(H,27,29). The number of rotatable bonds is 15. The summed E-state index contributed by atoms with van der Waals surface area (Å²) in [5, 5.41) is 2.80. The summed E-state index contributed by atoms with van der Waals surface area (Å²) in [7, 11) is 0. The fourth-order valence-electron chi connectivity index (χ4n) is 2.82. The van der Waals surface area contributed by atoms with Gasteiger partial charge in [-0.3, -0.25) is 5.32 Å². The first-order valence-corrected chi connectivity index (χ1v) is 11.8. The zero-order valence-corrected chi connectivity index (χ0v) is 20.6. The summed E-state index contributed by atoms with van der Waals surface area (Å²) in [5.74, 6) is 0.259. The minimum atomic E-state index is -1.15. The van der Waals surface area contributed by atoms with Crippen LogP contribution in [0.4, 0.5) is 10.5 Å². The van der Waals surface area contributed by atoms with Crippen molar-refractivity contribution in [3.8, 4) is 5.75 Å². The Bertz CT molecular complexity index is 705. The van der Waals surface area contributed by atoms with Crippen LogP contribution in [0.5, 0.6) is 5.75 Å². The molecule has 0 fully saturated rings. The van der Waals surface area contributed by atoms with Crippen molar-refractivity contribution in [2.45, 2.75) is 77.7 Å². The van der Waals surface area contributed by atoms with Crippen LogP contribution < -0.4 is 10.1 Å². The molecule has 32 heavy (non-hydrogen) atoms. The van der Waals surface area contributed by atoms with Gasteiger partial charge < -0.3 is 14.2 Å².